The maximum atomic E-state index is 10.1. The van der Waals surface area contributed by atoms with Gasteiger partial charge in [-0.3, -0.25) is 4.40 Å². The number of isocyanates is 1. The molecule has 0 aliphatic heterocycles. The molecule has 0 aromatic carbocycles. The molecule has 0 aliphatic carbocycles. The van der Waals surface area contributed by atoms with Crippen molar-refractivity contribution in [3.8, 4) is 0 Å². The molecule has 2 heterocycles. The lowest BCUT2D eigenvalue weighted by Crippen LogP contribution is -1.83. The summed E-state index contributed by atoms with van der Waals surface area (Å²) in [6.07, 6.45) is 4.78. The van der Waals surface area contributed by atoms with E-state index < -0.39 is 0 Å². The molecular weight excluding hydrogens is 234 g/mol. The molecule has 0 fully saturated rings. The van der Waals surface area contributed by atoms with Gasteiger partial charge in [0.25, 0.3) is 0 Å². The first-order chi connectivity index (χ1) is 6.33. The van der Waals surface area contributed by atoms with E-state index in [1.165, 1.54) is 12.3 Å². The normalized spacial score (nSPS) is 9.92. The van der Waals surface area contributed by atoms with Crippen LogP contribution in [0.25, 0.3) is 5.65 Å². The molecule has 0 spiro atoms. The number of aromatic nitrogens is 2. The van der Waals surface area contributed by atoms with Gasteiger partial charge in [-0.25, -0.2) is 9.78 Å². The maximum absolute atomic E-state index is 10.1. The zero-order valence-electron chi connectivity index (χ0n) is 6.44. The van der Waals surface area contributed by atoms with Crippen LogP contribution in [0.5, 0.6) is 0 Å². The fourth-order valence-corrected chi connectivity index (χ4v) is 1.54. The van der Waals surface area contributed by atoms with Crippen LogP contribution in [0.4, 0.5) is 5.82 Å². The molecule has 0 unspecified atom stereocenters. The predicted octanol–water partition coefficient (Wildman–Crippen LogP) is 2.06. The fourth-order valence-electron chi connectivity index (χ4n) is 1.09. The van der Waals surface area contributed by atoms with Crippen LogP contribution in [-0.2, 0) is 4.79 Å². The molecule has 0 amide bonds. The van der Waals surface area contributed by atoms with Crippen LogP contribution in [0.15, 0.2) is 34.0 Å². The summed E-state index contributed by atoms with van der Waals surface area (Å²) in [5, 5.41) is 0. The maximum Gasteiger partial charge on any atom is 0.242 e. The van der Waals surface area contributed by atoms with Crippen molar-refractivity contribution in [2.75, 3.05) is 0 Å². The van der Waals surface area contributed by atoms with E-state index in [1.807, 2.05) is 12.1 Å². The van der Waals surface area contributed by atoms with E-state index in [-0.39, 0.29) is 0 Å². The van der Waals surface area contributed by atoms with Crippen molar-refractivity contribution in [2.45, 2.75) is 0 Å². The first-order valence-corrected chi connectivity index (χ1v) is 4.31. The standard InChI is InChI=1S/C8H4BrN3O/c9-6-2-1-3-12-7(11-5-13)4-10-8(6)12/h1-4H. The van der Waals surface area contributed by atoms with Crippen LogP contribution in [0.2, 0.25) is 0 Å². The van der Waals surface area contributed by atoms with Crippen LogP contribution in [0, 0.1) is 0 Å². The SMILES string of the molecule is O=C=Nc1cnc2c(Br)cccn12. The number of halogens is 1. The van der Waals surface area contributed by atoms with Crippen molar-refractivity contribution in [1.82, 2.24) is 9.38 Å². The van der Waals surface area contributed by atoms with E-state index in [0.29, 0.717) is 5.82 Å². The van der Waals surface area contributed by atoms with Gasteiger partial charge < -0.3 is 0 Å². The van der Waals surface area contributed by atoms with Crippen molar-refractivity contribution in [2.24, 2.45) is 4.99 Å². The van der Waals surface area contributed by atoms with Gasteiger partial charge in [-0.15, -0.1) is 4.99 Å². The van der Waals surface area contributed by atoms with E-state index in [1.54, 1.807) is 10.6 Å². The fraction of sp³-hybridized carbons (Fsp3) is 0. The van der Waals surface area contributed by atoms with Crippen LogP contribution >= 0.6 is 15.9 Å². The van der Waals surface area contributed by atoms with Crippen LogP contribution < -0.4 is 0 Å². The molecule has 0 saturated carbocycles. The van der Waals surface area contributed by atoms with Crippen molar-refractivity contribution < 1.29 is 4.79 Å². The molecular formula is C8H4BrN3O. The lowest BCUT2D eigenvalue weighted by Gasteiger charge is -1.95. The van der Waals surface area contributed by atoms with Crippen LogP contribution in [0.3, 0.4) is 0 Å². The zero-order chi connectivity index (χ0) is 9.26. The summed E-state index contributed by atoms with van der Waals surface area (Å²) in [4.78, 5) is 17.6. The minimum absolute atomic E-state index is 0.478. The quantitative estimate of drug-likeness (QED) is 0.563. The van der Waals surface area contributed by atoms with Gasteiger partial charge in [0, 0.05) is 6.20 Å². The molecule has 0 atom stereocenters. The Balaban J connectivity index is 2.82. The highest BCUT2D eigenvalue weighted by Crippen LogP contribution is 2.21. The van der Waals surface area contributed by atoms with Gasteiger partial charge in [-0.2, -0.15) is 0 Å². The number of hydrogen-bond acceptors (Lipinski definition) is 3. The van der Waals surface area contributed by atoms with E-state index >= 15 is 0 Å². The van der Waals surface area contributed by atoms with Crippen molar-refractivity contribution >= 4 is 33.5 Å². The lowest BCUT2D eigenvalue weighted by molar-refractivity contribution is 0.565. The zero-order valence-corrected chi connectivity index (χ0v) is 8.02. The smallest absolute Gasteiger partial charge is 0.242 e. The third-order valence-electron chi connectivity index (χ3n) is 1.63. The van der Waals surface area contributed by atoms with Crippen molar-refractivity contribution in [3.05, 3.63) is 29.0 Å². The third-order valence-corrected chi connectivity index (χ3v) is 2.25. The van der Waals surface area contributed by atoms with Crippen LogP contribution in [0.1, 0.15) is 0 Å². The number of pyridine rings is 1. The molecule has 64 valence electrons. The Bertz CT molecular complexity index is 499. The number of carbonyl (C=O) groups excluding carboxylic acids is 1. The summed E-state index contributed by atoms with van der Waals surface area (Å²) in [7, 11) is 0. The molecule has 0 bridgehead atoms. The molecule has 0 N–H and O–H groups in total. The minimum Gasteiger partial charge on any atom is -0.283 e. The highest BCUT2D eigenvalue weighted by molar-refractivity contribution is 9.10. The third kappa shape index (κ3) is 1.28. The summed E-state index contributed by atoms with van der Waals surface area (Å²) >= 11 is 3.34. The second-order valence-electron chi connectivity index (χ2n) is 2.37. The van der Waals surface area contributed by atoms with Gasteiger partial charge in [0.2, 0.25) is 6.08 Å². The number of fused-ring (bicyclic) bond motifs is 1. The molecule has 2 aromatic rings. The molecule has 0 radical (unpaired) electrons. The Labute approximate surface area is 82.1 Å². The molecule has 5 heteroatoms. The first kappa shape index (κ1) is 8.16. The molecule has 0 aliphatic rings. The Morgan fingerprint density at radius 3 is 3.23 bits per heavy atom. The summed E-state index contributed by atoms with van der Waals surface area (Å²) in [5.41, 5.74) is 0.733. The van der Waals surface area contributed by atoms with Crippen LogP contribution in [-0.4, -0.2) is 15.5 Å². The van der Waals surface area contributed by atoms with Gasteiger partial charge in [0.1, 0.15) is 0 Å². The molecule has 2 aromatic heterocycles. The number of imidazole rings is 1. The molecule has 0 saturated heterocycles. The number of hydrogen-bond donors (Lipinski definition) is 0. The average Bonchev–Trinajstić information content (AvgIpc) is 2.51. The van der Waals surface area contributed by atoms with E-state index in [4.69, 9.17) is 0 Å². The highest BCUT2D eigenvalue weighted by atomic mass is 79.9. The largest absolute Gasteiger partial charge is 0.283 e. The average molecular weight is 238 g/mol. The minimum atomic E-state index is 0.478. The summed E-state index contributed by atoms with van der Waals surface area (Å²) in [6.45, 7) is 0. The first-order valence-electron chi connectivity index (χ1n) is 3.52. The van der Waals surface area contributed by atoms with Gasteiger partial charge in [-0.1, -0.05) is 0 Å². The highest BCUT2D eigenvalue weighted by Gasteiger charge is 2.03. The van der Waals surface area contributed by atoms with Crippen molar-refractivity contribution in [1.29, 1.82) is 0 Å². The van der Waals surface area contributed by atoms with Gasteiger partial charge in [0.15, 0.2) is 11.5 Å². The second-order valence-corrected chi connectivity index (χ2v) is 3.22. The summed E-state index contributed by atoms with van der Waals surface area (Å²) < 4.78 is 2.57. The number of aliphatic imine (C=N–C) groups is 1. The predicted molar refractivity (Wildman–Crippen MR) is 50.7 cm³/mol. The molecule has 4 nitrogen and oxygen atoms in total. The number of rotatable bonds is 1. The summed E-state index contributed by atoms with van der Waals surface area (Å²) in [5.74, 6) is 0.478. The Hall–Kier alpha value is -1.45. The van der Waals surface area contributed by atoms with Crippen molar-refractivity contribution in [3.63, 3.8) is 0 Å². The number of nitrogens with zero attached hydrogens (tertiary/aromatic N) is 3. The van der Waals surface area contributed by atoms with E-state index in [0.717, 1.165) is 10.1 Å². The van der Waals surface area contributed by atoms with Gasteiger partial charge in [-0.05, 0) is 28.1 Å². The molecule has 2 rings (SSSR count). The Kier molecular flexibility index (Phi) is 1.96. The topological polar surface area (TPSA) is 46.7 Å². The second kappa shape index (κ2) is 3.12. The lowest BCUT2D eigenvalue weighted by atomic mass is 10.5. The monoisotopic (exact) mass is 237 g/mol. The van der Waals surface area contributed by atoms with E-state index in [2.05, 4.69) is 25.9 Å². The van der Waals surface area contributed by atoms with Gasteiger partial charge >= 0.3 is 0 Å². The Morgan fingerprint density at radius 1 is 1.62 bits per heavy atom. The molecule has 13 heavy (non-hydrogen) atoms. The van der Waals surface area contributed by atoms with Gasteiger partial charge in [0.05, 0.1) is 10.7 Å². The van der Waals surface area contributed by atoms with E-state index in [9.17, 15) is 4.79 Å². The summed E-state index contributed by atoms with van der Waals surface area (Å²) in [6, 6.07) is 3.71. The Morgan fingerprint density at radius 2 is 2.46 bits per heavy atom.